The Morgan fingerprint density at radius 1 is 1.42 bits per heavy atom. The molecule has 0 fully saturated rings. The molecule has 0 aromatic heterocycles. The van der Waals surface area contributed by atoms with Gasteiger partial charge in [0.2, 0.25) is 0 Å². The molecule has 0 saturated carbocycles. The van der Waals surface area contributed by atoms with Crippen molar-refractivity contribution in [3.63, 3.8) is 0 Å². The Kier molecular flexibility index (Phi) is 3.09. The van der Waals surface area contributed by atoms with Crippen LogP contribution in [0.4, 0.5) is 4.39 Å². The number of para-hydroxylation sites is 1. The molecular weight excluding hydrogens is 155 g/mol. The van der Waals surface area contributed by atoms with E-state index in [-0.39, 0.29) is 0 Å². The summed E-state index contributed by atoms with van der Waals surface area (Å²) < 4.78 is 18.2. The smallest absolute Gasteiger partial charge is 0.126 e. The number of alkyl halides is 1. The lowest BCUT2D eigenvalue weighted by molar-refractivity contribution is 0.312. The average molecular weight is 168 g/mol. The lowest BCUT2D eigenvalue weighted by Gasteiger charge is -2.09. The Labute approximate surface area is 72.2 Å². The van der Waals surface area contributed by atoms with E-state index < -0.39 is 6.17 Å². The number of rotatable bonds is 3. The normalized spacial score (nSPS) is 12.6. The molecule has 1 atom stereocenters. The van der Waals surface area contributed by atoms with Crippen molar-refractivity contribution in [2.45, 2.75) is 20.0 Å². The first-order valence-corrected chi connectivity index (χ1v) is 4.11. The lowest BCUT2D eigenvalue weighted by atomic mass is 10.1. The van der Waals surface area contributed by atoms with Crippen molar-refractivity contribution in [1.82, 2.24) is 0 Å². The molecule has 0 heterocycles. The first-order chi connectivity index (χ1) is 5.75. The molecule has 1 unspecified atom stereocenters. The van der Waals surface area contributed by atoms with Gasteiger partial charge in [-0.2, -0.15) is 0 Å². The van der Waals surface area contributed by atoms with Gasteiger partial charge in [-0.15, -0.1) is 0 Å². The van der Waals surface area contributed by atoms with E-state index in [4.69, 9.17) is 4.74 Å². The first kappa shape index (κ1) is 9.04. The highest BCUT2D eigenvalue weighted by Gasteiger charge is 2.08. The molecule has 0 spiro atoms. The zero-order valence-electron chi connectivity index (χ0n) is 7.38. The maximum absolute atomic E-state index is 12.9. The van der Waals surface area contributed by atoms with Crippen LogP contribution in [0.25, 0.3) is 0 Å². The molecule has 1 aromatic carbocycles. The Bertz CT molecular complexity index is 245. The predicted molar refractivity (Wildman–Crippen MR) is 47.1 cm³/mol. The van der Waals surface area contributed by atoms with Crippen LogP contribution < -0.4 is 4.74 Å². The van der Waals surface area contributed by atoms with Gasteiger partial charge in [-0.05, 0) is 19.9 Å². The van der Waals surface area contributed by atoms with Gasteiger partial charge in [0, 0.05) is 5.56 Å². The summed E-state index contributed by atoms with van der Waals surface area (Å²) in [6.07, 6.45) is -0.965. The fraction of sp³-hybridized carbons (Fsp3) is 0.400. The molecule has 2 heteroatoms. The topological polar surface area (TPSA) is 9.23 Å². The van der Waals surface area contributed by atoms with Crippen LogP contribution in [0.3, 0.4) is 0 Å². The fourth-order valence-electron chi connectivity index (χ4n) is 1.10. The van der Waals surface area contributed by atoms with Crippen LogP contribution >= 0.6 is 0 Å². The van der Waals surface area contributed by atoms with E-state index in [0.29, 0.717) is 17.9 Å². The van der Waals surface area contributed by atoms with Crippen LogP contribution in [-0.2, 0) is 0 Å². The van der Waals surface area contributed by atoms with Crippen molar-refractivity contribution >= 4 is 0 Å². The van der Waals surface area contributed by atoms with Crippen molar-refractivity contribution < 1.29 is 9.13 Å². The summed E-state index contributed by atoms with van der Waals surface area (Å²) in [4.78, 5) is 0. The molecule has 0 aliphatic rings. The third kappa shape index (κ3) is 1.97. The molecule has 1 rings (SSSR count). The highest BCUT2D eigenvalue weighted by Crippen LogP contribution is 2.26. The molecule has 1 aromatic rings. The Morgan fingerprint density at radius 2 is 2.08 bits per heavy atom. The minimum absolute atomic E-state index is 0.573. The molecule has 0 saturated heterocycles. The molecule has 0 aliphatic heterocycles. The standard InChI is InChI=1S/C10H13FO/c1-3-12-10-7-5-4-6-9(10)8(2)11/h4-8H,3H2,1-2H3. The molecule has 0 N–H and O–H groups in total. The summed E-state index contributed by atoms with van der Waals surface area (Å²) in [7, 11) is 0. The van der Waals surface area contributed by atoms with Crippen LogP contribution in [0, 0.1) is 0 Å². The monoisotopic (exact) mass is 168 g/mol. The molecule has 66 valence electrons. The second-order valence-corrected chi connectivity index (χ2v) is 2.59. The van der Waals surface area contributed by atoms with Crippen molar-refractivity contribution in [1.29, 1.82) is 0 Å². The molecule has 1 nitrogen and oxygen atoms in total. The molecule has 12 heavy (non-hydrogen) atoms. The fourth-order valence-corrected chi connectivity index (χ4v) is 1.10. The first-order valence-electron chi connectivity index (χ1n) is 4.11. The Balaban J connectivity index is 2.92. The number of ether oxygens (including phenoxy) is 1. The quantitative estimate of drug-likeness (QED) is 0.673. The van der Waals surface area contributed by atoms with Gasteiger partial charge >= 0.3 is 0 Å². The van der Waals surface area contributed by atoms with Crippen LogP contribution in [0.5, 0.6) is 5.75 Å². The van der Waals surface area contributed by atoms with Crippen molar-refractivity contribution in [3.8, 4) is 5.75 Å². The highest BCUT2D eigenvalue weighted by molar-refractivity contribution is 5.34. The summed E-state index contributed by atoms with van der Waals surface area (Å²) in [5.74, 6) is 0.648. The van der Waals surface area contributed by atoms with Crippen LogP contribution in [0.15, 0.2) is 24.3 Å². The van der Waals surface area contributed by atoms with Gasteiger partial charge in [0.25, 0.3) is 0 Å². The van der Waals surface area contributed by atoms with Gasteiger partial charge in [-0.3, -0.25) is 0 Å². The molecule has 0 radical (unpaired) electrons. The van der Waals surface area contributed by atoms with E-state index in [1.807, 2.05) is 19.1 Å². The molecule has 0 aliphatic carbocycles. The van der Waals surface area contributed by atoms with Crippen LogP contribution in [0.2, 0.25) is 0 Å². The zero-order chi connectivity index (χ0) is 8.97. The average Bonchev–Trinajstić information content (AvgIpc) is 2.05. The second kappa shape index (κ2) is 4.10. The van der Waals surface area contributed by atoms with Gasteiger partial charge in [0.1, 0.15) is 11.9 Å². The van der Waals surface area contributed by atoms with E-state index in [1.54, 1.807) is 12.1 Å². The van der Waals surface area contributed by atoms with E-state index in [9.17, 15) is 4.39 Å². The SMILES string of the molecule is CCOc1ccccc1C(C)F. The minimum Gasteiger partial charge on any atom is -0.493 e. The van der Waals surface area contributed by atoms with E-state index >= 15 is 0 Å². The maximum atomic E-state index is 12.9. The van der Waals surface area contributed by atoms with E-state index in [2.05, 4.69) is 0 Å². The van der Waals surface area contributed by atoms with Crippen molar-refractivity contribution in [2.24, 2.45) is 0 Å². The van der Waals surface area contributed by atoms with Gasteiger partial charge in [-0.1, -0.05) is 18.2 Å². The van der Waals surface area contributed by atoms with Crippen LogP contribution in [-0.4, -0.2) is 6.61 Å². The number of halogens is 1. The summed E-state index contributed by atoms with van der Waals surface area (Å²) in [6.45, 7) is 3.97. The number of hydrogen-bond donors (Lipinski definition) is 0. The van der Waals surface area contributed by atoms with Gasteiger partial charge < -0.3 is 4.74 Å². The number of benzene rings is 1. The minimum atomic E-state index is -0.965. The second-order valence-electron chi connectivity index (χ2n) is 2.59. The highest BCUT2D eigenvalue weighted by atomic mass is 19.1. The number of hydrogen-bond acceptors (Lipinski definition) is 1. The largest absolute Gasteiger partial charge is 0.493 e. The van der Waals surface area contributed by atoms with Gasteiger partial charge in [0.05, 0.1) is 6.61 Å². The van der Waals surface area contributed by atoms with E-state index in [0.717, 1.165) is 0 Å². The third-order valence-electron chi connectivity index (χ3n) is 1.65. The lowest BCUT2D eigenvalue weighted by Crippen LogP contribution is -1.96. The summed E-state index contributed by atoms with van der Waals surface area (Å²) in [5.41, 5.74) is 0.624. The predicted octanol–water partition coefficient (Wildman–Crippen LogP) is 3.12. The molecule has 0 amide bonds. The Morgan fingerprint density at radius 3 is 2.67 bits per heavy atom. The zero-order valence-corrected chi connectivity index (χ0v) is 7.38. The summed E-state index contributed by atoms with van der Waals surface area (Å²) >= 11 is 0. The van der Waals surface area contributed by atoms with Crippen molar-refractivity contribution in [2.75, 3.05) is 6.61 Å². The van der Waals surface area contributed by atoms with Gasteiger partial charge in [-0.25, -0.2) is 4.39 Å². The van der Waals surface area contributed by atoms with Crippen molar-refractivity contribution in [3.05, 3.63) is 29.8 Å². The maximum Gasteiger partial charge on any atom is 0.126 e. The Hall–Kier alpha value is -1.05. The molecule has 0 bridgehead atoms. The molecular formula is C10H13FO. The van der Waals surface area contributed by atoms with Gasteiger partial charge in [0.15, 0.2) is 0 Å². The van der Waals surface area contributed by atoms with E-state index in [1.165, 1.54) is 6.92 Å². The third-order valence-corrected chi connectivity index (χ3v) is 1.65. The van der Waals surface area contributed by atoms with Crippen LogP contribution in [0.1, 0.15) is 25.6 Å². The summed E-state index contributed by atoms with van der Waals surface area (Å²) in [5, 5.41) is 0. The summed E-state index contributed by atoms with van der Waals surface area (Å²) in [6, 6.07) is 7.19.